The van der Waals surface area contributed by atoms with Crippen LogP contribution in [0.5, 0.6) is 0 Å². The highest BCUT2D eigenvalue weighted by molar-refractivity contribution is 8.39. The van der Waals surface area contributed by atoms with Crippen molar-refractivity contribution in [2.24, 2.45) is 0 Å². The third-order valence-corrected chi connectivity index (χ3v) is 17.5. The number of aryl methyl sites for hydroxylation is 2. The van der Waals surface area contributed by atoms with Crippen molar-refractivity contribution in [3.05, 3.63) is 114 Å². The summed E-state index contributed by atoms with van der Waals surface area (Å²) >= 11 is 0. The summed E-state index contributed by atoms with van der Waals surface area (Å²) in [5, 5.41) is 4.72. The molecule has 4 aromatic rings. The van der Waals surface area contributed by atoms with Gasteiger partial charge in [-0.2, -0.15) is 0 Å². The highest BCUT2D eigenvalue weighted by Crippen LogP contribution is 2.72. The SMILES string of the molecule is Cc1ccc[c]c1-c1c(C)cccc1P(C1CCCCC1)P(c1ccccc1)c1ccc(C2CCCCC2)cc1. The summed E-state index contributed by atoms with van der Waals surface area (Å²) in [5.41, 5.74) is 7.81. The zero-order valence-electron chi connectivity index (χ0n) is 24.3. The van der Waals surface area contributed by atoms with Crippen LogP contribution < -0.4 is 15.9 Å². The molecule has 0 bridgehead atoms. The van der Waals surface area contributed by atoms with Crippen LogP contribution >= 0.6 is 15.2 Å². The number of benzene rings is 4. The molecule has 0 aromatic heterocycles. The molecule has 2 unspecified atom stereocenters. The van der Waals surface area contributed by atoms with Crippen molar-refractivity contribution in [2.45, 2.75) is 89.6 Å². The summed E-state index contributed by atoms with van der Waals surface area (Å²) < 4.78 is 0. The summed E-state index contributed by atoms with van der Waals surface area (Å²) in [7, 11) is -0.963. The van der Waals surface area contributed by atoms with Crippen molar-refractivity contribution < 1.29 is 0 Å². The van der Waals surface area contributed by atoms with Crippen LogP contribution in [0.4, 0.5) is 0 Å². The van der Waals surface area contributed by atoms with E-state index in [0.717, 1.165) is 11.6 Å². The Bertz CT molecular complexity index is 1380. The number of rotatable bonds is 7. The summed E-state index contributed by atoms with van der Waals surface area (Å²) in [5.74, 6) is 0.755. The van der Waals surface area contributed by atoms with E-state index in [9.17, 15) is 0 Å². The summed E-state index contributed by atoms with van der Waals surface area (Å²) in [6.07, 6.45) is 13.8. The van der Waals surface area contributed by atoms with Crippen LogP contribution in [-0.4, -0.2) is 5.66 Å². The van der Waals surface area contributed by atoms with Crippen molar-refractivity contribution >= 4 is 31.1 Å². The van der Waals surface area contributed by atoms with Gasteiger partial charge in [-0.05, 0) is 116 Å². The van der Waals surface area contributed by atoms with E-state index >= 15 is 0 Å². The van der Waals surface area contributed by atoms with Crippen molar-refractivity contribution in [1.29, 1.82) is 0 Å². The molecule has 0 saturated heterocycles. The first-order valence-corrected chi connectivity index (χ1v) is 19.0. The van der Waals surface area contributed by atoms with Crippen LogP contribution in [0.15, 0.2) is 91.0 Å². The average molecular weight is 562 g/mol. The smallest absolute Gasteiger partial charge is 0.00649 e. The maximum atomic E-state index is 3.67. The Morgan fingerprint density at radius 2 is 1.25 bits per heavy atom. The summed E-state index contributed by atoms with van der Waals surface area (Å²) in [6, 6.07) is 39.0. The molecule has 0 nitrogen and oxygen atoms in total. The van der Waals surface area contributed by atoms with Crippen LogP contribution in [0.25, 0.3) is 11.1 Å². The molecule has 2 fully saturated rings. The molecule has 4 aromatic carbocycles. The van der Waals surface area contributed by atoms with Crippen molar-refractivity contribution in [2.75, 3.05) is 0 Å². The zero-order valence-corrected chi connectivity index (χ0v) is 26.1. The van der Waals surface area contributed by atoms with Gasteiger partial charge in [0.15, 0.2) is 0 Å². The second-order valence-corrected chi connectivity index (χ2v) is 18.0. The lowest BCUT2D eigenvalue weighted by molar-refractivity contribution is 0.443. The molecule has 0 spiro atoms. The van der Waals surface area contributed by atoms with Gasteiger partial charge >= 0.3 is 0 Å². The standard InChI is InChI=1S/C38H43P2/c1-29-15-12-13-23-36(29)38-30(2)16-14-24-37(38)40(34-21-10-5-11-22-34)39(33-19-8-4-9-20-33)35-27-25-32(26-28-35)31-17-6-3-7-18-31/h4,8-9,12-16,19-20,24-28,31,34H,3,5-7,10-11,17-18,21-22H2,1-2H3. The second kappa shape index (κ2) is 13.1. The second-order valence-electron chi connectivity index (χ2n) is 11.9. The maximum absolute atomic E-state index is 3.67. The van der Waals surface area contributed by atoms with E-state index in [4.69, 9.17) is 0 Å². The maximum Gasteiger partial charge on any atom is -0.00649 e. The topological polar surface area (TPSA) is 0 Å². The van der Waals surface area contributed by atoms with Crippen LogP contribution in [0.3, 0.4) is 0 Å². The highest BCUT2D eigenvalue weighted by atomic mass is 32.1. The van der Waals surface area contributed by atoms with Gasteiger partial charge in [-0.15, -0.1) is 0 Å². The molecule has 2 heteroatoms. The van der Waals surface area contributed by atoms with Gasteiger partial charge in [0, 0.05) is 0 Å². The van der Waals surface area contributed by atoms with E-state index in [0.29, 0.717) is 0 Å². The molecule has 2 saturated carbocycles. The third kappa shape index (κ3) is 6.01. The van der Waals surface area contributed by atoms with Gasteiger partial charge in [0.05, 0.1) is 0 Å². The van der Waals surface area contributed by atoms with E-state index in [1.807, 2.05) is 0 Å². The highest BCUT2D eigenvalue weighted by Gasteiger charge is 2.35. The molecular formula is C38H43P2. The number of hydrogen-bond donors (Lipinski definition) is 0. The minimum atomic E-state index is -0.521. The van der Waals surface area contributed by atoms with Gasteiger partial charge in [-0.1, -0.05) is 130 Å². The Kier molecular flexibility index (Phi) is 9.17. The van der Waals surface area contributed by atoms with Crippen molar-refractivity contribution in [3.8, 4) is 11.1 Å². The quantitative estimate of drug-likeness (QED) is 0.197. The van der Waals surface area contributed by atoms with E-state index < -0.39 is 15.2 Å². The van der Waals surface area contributed by atoms with E-state index in [2.05, 4.69) is 111 Å². The van der Waals surface area contributed by atoms with E-state index in [1.165, 1.54) is 86.5 Å². The lowest BCUT2D eigenvalue weighted by Crippen LogP contribution is -2.24. The molecule has 2 aliphatic rings. The molecule has 6 rings (SSSR count). The van der Waals surface area contributed by atoms with Gasteiger partial charge < -0.3 is 0 Å². The molecule has 40 heavy (non-hydrogen) atoms. The first-order chi connectivity index (χ1) is 19.7. The van der Waals surface area contributed by atoms with E-state index in [-0.39, 0.29) is 0 Å². The fraction of sp³-hybridized carbons (Fsp3) is 0.368. The van der Waals surface area contributed by atoms with Crippen molar-refractivity contribution in [1.82, 2.24) is 0 Å². The first kappa shape index (κ1) is 27.9. The van der Waals surface area contributed by atoms with Gasteiger partial charge in [-0.3, -0.25) is 0 Å². The lowest BCUT2D eigenvalue weighted by Gasteiger charge is -2.39. The first-order valence-electron chi connectivity index (χ1n) is 15.5. The fourth-order valence-corrected chi connectivity index (χ4v) is 16.4. The average Bonchev–Trinajstić information content (AvgIpc) is 3.02. The van der Waals surface area contributed by atoms with E-state index in [1.54, 1.807) is 21.5 Å². The Morgan fingerprint density at radius 1 is 0.600 bits per heavy atom. The molecule has 2 atom stereocenters. The van der Waals surface area contributed by atoms with Gasteiger partial charge in [0.1, 0.15) is 0 Å². The Hall–Kier alpha value is -2.26. The molecule has 0 heterocycles. The number of hydrogen-bond acceptors (Lipinski definition) is 0. The summed E-state index contributed by atoms with van der Waals surface area (Å²) in [6.45, 7) is 4.58. The molecule has 1 radical (unpaired) electrons. The van der Waals surface area contributed by atoms with Crippen molar-refractivity contribution in [3.63, 3.8) is 0 Å². The Morgan fingerprint density at radius 3 is 1.95 bits per heavy atom. The molecule has 0 N–H and O–H groups in total. The minimum absolute atomic E-state index is 0.442. The molecule has 205 valence electrons. The molecule has 0 aliphatic heterocycles. The molecule has 0 amide bonds. The molecule has 2 aliphatic carbocycles. The minimum Gasteiger partial charge on any atom is -0.0622 e. The van der Waals surface area contributed by atoms with Gasteiger partial charge in [-0.25, -0.2) is 0 Å². The zero-order chi connectivity index (χ0) is 27.3. The van der Waals surface area contributed by atoms with Crippen LogP contribution in [0.2, 0.25) is 0 Å². The predicted octanol–water partition coefficient (Wildman–Crippen LogP) is 10.3. The summed E-state index contributed by atoms with van der Waals surface area (Å²) in [4.78, 5) is 0. The Balaban J connectivity index is 1.52. The largest absolute Gasteiger partial charge is 0.0622 e. The van der Waals surface area contributed by atoms with Crippen LogP contribution in [0.1, 0.15) is 86.8 Å². The van der Waals surface area contributed by atoms with Crippen LogP contribution in [-0.2, 0) is 0 Å². The Labute approximate surface area is 245 Å². The normalized spacial score (nSPS) is 18.4. The van der Waals surface area contributed by atoms with Gasteiger partial charge in [0.25, 0.3) is 0 Å². The monoisotopic (exact) mass is 561 g/mol. The predicted molar refractivity (Wildman–Crippen MR) is 179 cm³/mol. The molecular weight excluding hydrogens is 518 g/mol. The third-order valence-electron chi connectivity index (χ3n) is 9.16. The van der Waals surface area contributed by atoms with Crippen LogP contribution in [0, 0.1) is 19.9 Å². The van der Waals surface area contributed by atoms with Gasteiger partial charge in [0.2, 0.25) is 0 Å². The lowest BCUT2D eigenvalue weighted by atomic mass is 9.84. The fourth-order valence-electron chi connectivity index (χ4n) is 7.04.